The van der Waals surface area contributed by atoms with Crippen LogP contribution < -0.4 is 9.80 Å². The van der Waals surface area contributed by atoms with Gasteiger partial charge in [0.15, 0.2) is 6.39 Å². The van der Waals surface area contributed by atoms with Gasteiger partial charge in [0.25, 0.3) is 0 Å². The van der Waals surface area contributed by atoms with E-state index in [0.29, 0.717) is 0 Å². The average molecular weight is 364 g/mol. The molecule has 27 heavy (non-hydrogen) atoms. The van der Waals surface area contributed by atoms with Crippen LogP contribution in [0.15, 0.2) is 41.6 Å². The highest BCUT2D eigenvalue weighted by atomic mass is 16.3. The number of fused-ring (bicyclic) bond motifs is 1. The van der Waals surface area contributed by atoms with Crippen LogP contribution in [0.4, 0.5) is 11.5 Å². The largest absolute Gasteiger partial charge is 0.451 e. The second-order valence-corrected chi connectivity index (χ2v) is 7.34. The van der Waals surface area contributed by atoms with Crippen molar-refractivity contribution in [3.05, 3.63) is 42.9 Å². The number of oxazole rings is 1. The maximum atomic E-state index is 5.08. The highest BCUT2D eigenvalue weighted by Crippen LogP contribution is 2.30. The summed E-state index contributed by atoms with van der Waals surface area (Å²) in [7, 11) is 0. The van der Waals surface area contributed by atoms with Crippen LogP contribution in [0.25, 0.3) is 10.9 Å². The zero-order chi connectivity index (χ0) is 18.1. The van der Waals surface area contributed by atoms with E-state index in [1.165, 1.54) is 30.3 Å². The summed E-state index contributed by atoms with van der Waals surface area (Å²) in [6, 6.07) is 6.60. The Labute approximate surface area is 158 Å². The lowest BCUT2D eigenvalue weighted by atomic mass is 10.1. The molecule has 1 aromatic carbocycles. The van der Waals surface area contributed by atoms with E-state index in [1.54, 1.807) is 12.6 Å². The van der Waals surface area contributed by atoms with Gasteiger partial charge in [0.1, 0.15) is 18.4 Å². The summed E-state index contributed by atoms with van der Waals surface area (Å²) in [4.78, 5) is 20.6. The summed E-state index contributed by atoms with van der Waals surface area (Å²) >= 11 is 0. The lowest BCUT2D eigenvalue weighted by molar-refractivity contribution is 0.247. The van der Waals surface area contributed by atoms with Crippen LogP contribution in [0.3, 0.4) is 0 Å². The lowest BCUT2D eigenvalue weighted by Crippen LogP contribution is -2.46. The molecular weight excluding hydrogens is 340 g/mol. The Hall–Kier alpha value is -2.67. The third kappa shape index (κ3) is 3.35. The summed E-state index contributed by atoms with van der Waals surface area (Å²) in [5.74, 6) is 1.09. The molecule has 140 valence electrons. The number of rotatable bonds is 4. The second kappa shape index (κ2) is 7.15. The highest BCUT2D eigenvalue weighted by Gasteiger charge is 2.20. The first-order valence-electron chi connectivity index (χ1n) is 9.71. The van der Waals surface area contributed by atoms with E-state index in [0.717, 1.165) is 62.8 Å². The predicted molar refractivity (Wildman–Crippen MR) is 105 cm³/mol. The van der Waals surface area contributed by atoms with Gasteiger partial charge in [-0.15, -0.1) is 0 Å². The van der Waals surface area contributed by atoms with E-state index in [4.69, 9.17) is 4.42 Å². The minimum atomic E-state index is 0.856. The highest BCUT2D eigenvalue weighted by molar-refractivity contribution is 5.92. The van der Waals surface area contributed by atoms with E-state index >= 15 is 0 Å². The van der Waals surface area contributed by atoms with Crippen LogP contribution in [0.1, 0.15) is 18.5 Å². The smallest absolute Gasteiger partial charge is 0.180 e. The Morgan fingerprint density at radius 1 is 0.889 bits per heavy atom. The van der Waals surface area contributed by atoms with Crippen molar-refractivity contribution in [1.29, 1.82) is 0 Å². The molecular formula is C20H24N6O. The number of anilines is 2. The minimum Gasteiger partial charge on any atom is -0.451 e. The molecule has 0 aliphatic carbocycles. The molecule has 2 aromatic heterocycles. The Bertz CT molecular complexity index is 898. The zero-order valence-corrected chi connectivity index (χ0v) is 15.4. The van der Waals surface area contributed by atoms with Gasteiger partial charge in [0.2, 0.25) is 0 Å². The molecule has 2 aliphatic heterocycles. The van der Waals surface area contributed by atoms with Crippen molar-refractivity contribution in [3.8, 4) is 0 Å². The Kier molecular flexibility index (Phi) is 4.37. The van der Waals surface area contributed by atoms with Crippen molar-refractivity contribution in [1.82, 2.24) is 19.9 Å². The molecule has 0 radical (unpaired) electrons. The van der Waals surface area contributed by atoms with Gasteiger partial charge >= 0.3 is 0 Å². The van der Waals surface area contributed by atoms with Gasteiger partial charge in [-0.25, -0.2) is 15.0 Å². The monoisotopic (exact) mass is 364 g/mol. The first kappa shape index (κ1) is 16.5. The van der Waals surface area contributed by atoms with Crippen LogP contribution in [0, 0.1) is 0 Å². The minimum absolute atomic E-state index is 0.856. The van der Waals surface area contributed by atoms with Crippen LogP contribution in [0.5, 0.6) is 0 Å². The summed E-state index contributed by atoms with van der Waals surface area (Å²) in [5.41, 5.74) is 3.29. The quantitative estimate of drug-likeness (QED) is 0.705. The molecule has 0 atom stereocenters. The molecule has 0 N–H and O–H groups in total. The molecule has 2 saturated heterocycles. The molecule has 2 fully saturated rings. The SMILES string of the molecule is c1nc(N2CCCC2)c2cc(N3CCN(Cc4cocn4)CC3)ccc2n1. The first-order valence-corrected chi connectivity index (χ1v) is 9.71. The molecule has 0 unspecified atom stereocenters. The fourth-order valence-electron chi connectivity index (χ4n) is 4.12. The molecule has 0 amide bonds. The van der Waals surface area contributed by atoms with Crippen LogP contribution >= 0.6 is 0 Å². The molecule has 3 aromatic rings. The number of piperazine rings is 1. The maximum absolute atomic E-state index is 5.08. The summed E-state index contributed by atoms with van der Waals surface area (Å²) in [5, 5.41) is 1.17. The first-order chi connectivity index (χ1) is 13.4. The lowest BCUT2D eigenvalue weighted by Gasteiger charge is -2.35. The van der Waals surface area contributed by atoms with Crippen molar-refractivity contribution in [2.24, 2.45) is 0 Å². The van der Waals surface area contributed by atoms with Crippen LogP contribution in [-0.2, 0) is 6.54 Å². The zero-order valence-electron chi connectivity index (χ0n) is 15.4. The van der Waals surface area contributed by atoms with Crippen LogP contribution in [0.2, 0.25) is 0 Å². The van der Waals surface area contributed by atoms with E-state index in [1.807, 2.05) is 0 Å². The van der Waals surface area contributed by atoms with Crippen molar-refractivity contribution < 1.29 is 4.42 Å². The van der Waals surface area contributed by atoms with Crippen molar-refractivity contribution in [3.63, 3.8) is 0 Å². The number of aromatic nitrogens is 3. The van der Waals surface area contributed by atoms with E-state index in [-0.39, 0.29) is 0 Å². The van der Waals surface area contributed by atoms with Gasteiger partial charge in [-0.2, -0.15) is 0 Å². The summed E-state index contributed by atoms with van der Waals surface area (Å²) in [6.45, 7) is 7.11. The fourth-order valence-corrected chi connectivity index (χ4v) is 4.12. The van der Waals surface area contributed by atoms with Crippen molar-refractivity contribution in [2.75, 3.05) is 49.1 Å². The number of nitrogens with zero attached hydrogens (tertiary/aromatic N) is 6. The molecule has 7 nitrogen and oxygen atoms in total. The Balaban J connectivity index is 1.34. The second-order valence-electron chi connectivity index (χ2n) is 7.34. The summed E-state index contributed by atoms with van der Waals surface area (Å²) < 4.78 is 5.08. The van der Waals surface area contributed by atoms with Gasteiger partial charge < -0.3 is 14.2 Å². The topological polar surface area (TPSA) is 61.5 Å². The Morgan fingerprint density at radius 2 is 1.74 bits per heavy atom. The number of benzene rings is 1. The van der Waals surface area contributed by atoms with Gasteiger partial charge in [-0.05, 0) is 31.0 Å². The van der Waals surface area contributed by atoms with Crippen LogP contribution in [-0.4, -0.2) is 59.1 Å². The van der Waals surface area contributed by atoms with Crippen molar-refractivity contribution >= 4 is 22.4 Å². The number of hydrogen-bond donors (Lipinski definition) is 0. The van der Waals surface area contributed by atoms with E-state index < -0.39 is 0 Å². The predicted octanol–water partition coefficient (Wildman–Crippen LogP) is 2.54. The third-order valence-electron chi connectivity index (χ3n) is 5.61. The van der Waals surface area contributed by atoms with E-state index in [9.17, 15) is 0 Å². The molecule has 2 aliphatic rings. The molecule has 5 rings (SSSR count). The summed E-state index contributed by atoms with van der Waals surface area (Å²) in [6.07, 6.45) is 7.42. The number of hydrogen-bond acceptors (Lipinski definition) is 7. The maximum Gasteiger partial charge on any atom is 0.180 e. The van der Waals surface area contributed by atoms with Gasteiger partial charge in [0.05, 0.1) is 11.2 Å². The molecule has 0 bridgehead atoms. The average Bonchev–Trinajstić information content (AvgIpc) is 3.42. The van der Waals surface area contributed by atoms with Gasteiger partial charge in [-0.3, -0.25) is 4.90 Å². The van der Waals surface area contributed by atoms with E-state index in [2.05, 4.69) is 47.9 Å². The third-order valence-corrected chi connectivity index (χ3v) is 5.61. The molecule has 4 heterocycles. The fraction of sp³-hybridized carbons (Fsp3) is 0.450. The van der Waals surface area contributed by atoms with Crippen molar-refractivity contribution in [2.45, 2.75) is 19.4 Å². The van der Waals surface area contributed by atoms with Gasteiger partial charge in [-0.1, -0.05) is 0 Å². The molecule has 0 spiro atoms. The Morgan fingerprint density at radius 3 is 2.52 bits per heavy atom. The van der Waals surface area contributed by atoms with Gasteiger partial charge in [0, 0.05) is 56.9 Å². The normalized spacial score (nSPS) is 18.5. The molecule has 7 heteroatoms. The standard InChI is InChI=1S/C20H24N6O/c1-2-6-26(5-1)20-18-11-17(3-4-19(18)21-14-22-20)25-9-7-24(8-10-25)12-16-13-27-15-23-16/h3-4,11,13-15H,1-2,5-10,12H2. The molecule has 0 saturated carbocycles.